The van der Waals surface area contributed by atoms with Gasteiger partial charge in [-0.25, -0.2) is 0 Å². The number of nitrogens with two attached hydrogens (primary N) is 1. The molecule has 1 amide bonds. The predicted molar refractivity (Wildman–Crippen MR) is 54.8 cm³/mol. The Morgan fingerprint density at radius 3 is 2.64 bits per heavy atom. The number of carbonyl (C=O) groups is 1. The van der Waals surface area contributed by atoms with Crippen molar-refractivity contribution in [2.75, 3.05) is 0 Å². The Hall–Kier alpha value is -1.01. The van der Waals surface area contributed by atoms with Crippen LogP contribution in [-0.2, 0) is 11.3 Å². The first-order valence-corrected chi connectivity index (χ1v) is 5.07. The Morgan fingerprint density at radius 2 is 2.21 bits per heavy atom. The van der Waals surface area contributed by atoms with Crippen LogP contribution in [0.3, 0.4) is 0 Å². The van der Waals surface area contributed by atoms with E-state index in [1.807, 2.05) is 6.92 Å². The van der Waals surface area contributed by atoms with Crippen LogP contribution in [0.5, 0.6) is 0 Å². The largest absolute Gasteiger partial charge is 0.348 e. The van der Waals surface area contributed by atoms with Gasteiger partial charge in [0, 0.05) is 0 Å². The second kappa shape index (κ2) is 4.02. The Bertz CT molecular complexity index is 328. The highest BCUT2D eigenvalue weighted by molar-refractivity contribution is 7.11. The van der Waals surface area contributed by atoms with Crippen LogP contribution in [0, 0.1) is 6.92 Å². The second-order valence-corrected chi connectivity index (χ2v) is 4.89. The standard InChI is InChI=1S/C8H14N4OS/c1-5-11-12-6(14-5)4-10-7(13)8(2,3)9/h4,9H2,1-3H3,(H,10,13). The average molecular weight is 214 g/mol. The Kier molecular flexibility index (Phi) is 3.17. The van der Waals surface area contributed by atoms with Crippen molar-refractivity contribution in [1.29, 1.82) is 0 Å². The van der Waals surface area contributed by atoms with Crippen molar-refractivity contribution in [3.8, 4) is 0 Å². The summed E-state index contributed by atoms with van der Waals surface area (Å²) in [5, 5.41) is 12.1. The van der Waals surface area contributed by atoms with Gasteiger partial charge in [-0.2, -0.15) is 0 Å². The first-order valence-electron chi connectivity index (χ1n) is 4.26. The topological polar surface area (TPSA) is 80.9 Å². The molecule has 0 atom stereocenters. The third-order valence-corrected chi connectivity index (χ3v) is 2.39. The molecule has 0 aliphatic heterocycles. The van der Waals surface area contributed by atoms with Crippen LogP contribution in [0.1, 0.15) is 23.9 Å². The minimum absolute atomic E-state index is 0.189. The molecular weight excluding hydrogens is 200 g/mol. The zero-order valence-corrected chi connectivity index (χ0v) is 9.31. The summed E-state index contributed by atoms with van der Waals surface area (Å²) in [6.07, 6.45) is 0. The SMILES string of the molecule is Cc1nnc(CNC(=O)C(C)(C)N)s1. The van der Waals surface area contributed by atoms with Gasteiger partial charge in [-0.1, -0.05) is 11.3 Å². The fraction of sp³-hybridized carbons (Fsp3) is 0.625. The normalized spacial score (nSPS) is 11.4. The number of rotatable bonds is 3. The summed E-state index contributed by atoms with van der Waals surface area (Å²) in [5.74, 6) is -0.189. The van der Waals surface area contributed by atoms with Gasteiger partial charge in [-0.05, 0) is 20.8 Å². The van der Waals surface area contributed by atoms with Gasteiger partial charge in [-0.15, -0.1) is 10.2 Å². The van der Waals surface area contributed by atoms with E-state index >= 15 is 0 Å². The molecule has 0 aromatic carbocycles. The molecule has 0 aliphatic rings. The van der Waals surface area contributed by atoms with Crippen LogP contribution in [0.4, 0.5) is 0 Å². The molecule has 0 bridgehead atoms. The molecule has 0 saturated carbocycles. The van der Waals surface area contributed by atoms with Crippen LogP contribution in [-0.4, -0.2) is 21.6 Å². The first-order chi connectivity index (χ1) is 6.39. The van der Waals surface area contributed by atoms with E-state index in [9.17, 15) is 4.79 Å². The molecule has 6 heteroatoms. The molecule has 0 unspecified atom stereocenters. The lowest BCUT2D eigenvalue weighted by Gasteiger charge is -2.16. The van der Waals surface area contributed by atoms with Gasteiger partial charge in [0.05, 0.1) is 12.1 Å². The molecule has 0 radical (unpaired) electrons. The Morgan fingerprint density at radius 1 is 1.57 bits per heavy atom. The second-order valence-electron chi connectivity index (χ2n) is 3.62. The van der Waals surface area contributed by atoms with Crippen molar-refractivity contribution >= 4 is 17.2 Å². The maximum absolute atomic E-state index is 11.4. The molecule has 1 heterocycles. The van der Waals surface area contributed by atoms with Crippen LogP contribution in [0.2, 0.25) is 0 Å². The number of hydrogen-bond donors (Lipinski definition) is 2. The molecule has 0 aliphatic carbocycles. The highest BCUT2D eigenvalue weighted by Crippen LogP contribution is 2.07. The average Bonchev–Trinajstić information content (AvgIpc) is 2.45. The predicted octanol–water partition coefficient (Wildman–Crippen LogP) is 0.200. The quantitative estimate of drug-likeness (QED) is 0.753. The van der Waals surface area contributed by atoms with Crippen molar-refractivity contribution in [3.05, 3.63) is 10.0 Å². The van der Waals surface area contributed by atoms with Crippen molar-refractivity contribution in [2.24, 2.45) is 5.73 Å². The van der Waals surface area contributed by atoms with Gasteiger partial charge in [0.25, 0.3) is 0 Å². The van der Waals surface area contributed by atoms with E-state index in [0.717, 1.165) is 10.0 Å². The molecule has 1 aromatic rings. The lowest BCUT2D eigenvalue weighted by atomic mass is 10.1. The van der Waals surface area contributed by atoms with Gasteiger partial charge in [0.2, 0.25) is 5.91 Å². The number of hydrogen-bond acceptors (Lipinski definition) is 5. The number of nitrogens with zero attached hydrogens (tertiary/aromatic N) is 2. The summed E-state index contributed by atoms with van der Waals surface area (Å²) in [6.45, 7) is 5.59. The summed E-state index contributed by atoms with van der Waals surface area (Å²) < 4.78 is 0. The molecule has 0 fully saturated rings. The minimum atomic E-state index is -0.847. The zero-order valence-electron chi connectivity index (χ0n) is 8.50. The molecule has 14 heavy (non-hydrogen) atoms. The van der Waals surface area contributed by atoms with Crippen molar-refractivity contribution < 1.29 is 4.79 Å². The van der Waals surface area contributed by atoms with Gasteiger partial charge in [0.15, 0.2) is 0 Å². The molecule has 1 rings (SSSR count). The fourth-order valence-corrected chi connectivity index (χ4v) is 1.44. The van der Waals surface area contributed by atoms with E-state index in [4.69, 9.17) is 5.73 Å². The van der Waals surface area contributed by atoms with Gasteiger partial charge >= 0.3 is 0 Å². The van der Waals surface area contributed by atoms with Crippen LogP contribution < -0.4 is 11.1 Å². The summed E-state index contributed by atoms with van der Waals surface area (Å²) in [4.78, 5) is 11.4. The monoisotopic (exact) mass is 214 g/mol. The van der Waals surface area contributed by atoms with Crippen LogP contribution >= 0.6 is 11.3 Å². The number of nitrogens with one attached hydrogen (secondary N) is 1. The van der Waals surface area contributed by atoms with E-state index in [0.29, 0.717) is 6.54 Å². The van der Waals surface area contributed by atoms with E-state index in [1.165, 1.54) is 11.3 Å². The van der Waals surface area contributed by atoms with Crippen LogP contribution in [0.25, 0.3) is 0 Å². The molecular formula is C8H14N4OS. The van der Waals surface area contributed by atoms with Crippen molar-refractivity contribution in [1.82, 2.24) is 15.5 Å². The number of aryl methyl sites for hydroxylation is 1. The molecule has 0 spiro atoms. The highest BCUT2D eigenvalue weighted by Gasteiger charge is 2.21. The summed E-state index contributed by atoms with van der Waals surface area (Å²) in [7, 11) is 0. The lowest BCUT2D eigenvalue weighted by Crippen LogP contribution is -2.48. The van der Waals surface area contributed by atoms with E-state index < -0.39 is 5.54 Å². The van der Waals surface area contributed by atoms with Gasteiger partial charge in [-0.3, -0.25) is 4.79 Å². The molecule has 78 valence electrons. The van der Waals surface area contributed by atoms with E-state index in [2.05, 4.69) is 15.5 Å². The summed E-state index contributed by atoms with van der Waals surface area (Å²) >= 11 is 1.46. The van der Waals surface area contributed by atoms with Gasteiger partial charge < -0.3 is 11.1 Å². The maximum Gasteiger partial charge on any atom is 0.239 e. The number of aromatic nitrogens is 2. The highest BCUT2D eigenvalue weighted by atomic mass is 32.1. The van der Waals surface area contributed by atoms with Crippen molar-refractivity contribution in [3.63, 3.8) is 0 Å². The molecule has 0 saturated heterocycles. The molecule has 1 aromatic heterocycles. The first kappa shape index (κ1) is 11.1. The third kappa shape index (κ3) is 3.04. The van der Waals surface area contributed by atoms with E-state index in [1.54, 1.807) is 13.8 Å². The Balaban J connectivity index is 2.46. The molecule has 3 N–H and O–H groups in total. The van der Waals surface area contributed by atoms with Gasteiger partial charge in [0.1, 0.15) is 10.0 Å². The summed E-state index contributed by atoms with van der Waals surface area (Å²) in [5.41, 5.74) is 4.76. The maximum atomic E-state index is 11.4. The minimum Gasteiger partial charge on any atom is -0.348 e. The summed E-state index contributed by atoms with van der Waals surface area (Å²) in [6, 6.07) is 0. The zero-order chi connectivity index (χ0) is 10.8. The fourth-order valence-electron chi connectivity index (χ4n) is 0.793. The van der Waals surface area contributed by atoms with E-state index in [-0.39, 0.29) is 5.91 Å². The third-order valence-electron chi connectivity index (χ3n) is 1.55. The molecule has 5 nitrogen and oxygen atoms in total. The smallest absolute Gasteiger partial charge is 0.239 e. The number of carbonyl (C=O) groups excluding carboxylic acids is 1. The lowest BCUT2D eigenvalue weighted by molar-refractivity contribution is -0.125. The Labute approximate surface area is 86.7 Å². The van der Waals surface area contributed by atoms with Crippen LogP contribution in [0.15, 0.2) is 0 Å². The number of amides is 1. The van der Waals surface area contributed by atoms with Crippen molar-refractivity contribution in [2.45, 2.75) is 32.9 Å².